The summed E-state index contributed by atoms with van der Waals surface area (Å²) in [7, 11) is 1.64. The van der Waals surface area contributed by atoms with Crippen LogP contribution in [0.5, 0.6) is 5.75 Å². The summed E-state index contributed by atoms with van der Waals surface area (Å²) in [6, 6.07) is 9.01. The number of hydrogen-bond acceptors (Lipinski definition) is 5. The molecular weight excluding hydrogens is 310 g/mol. The molecule has 1 aliphatic rings. The van der Waals surface area contributed by atoms with E-state index in [4.69, 9.17) is 4.74 Å². The van der Waals surface area contributed by atoms with Crippen LogP contribution in [0.1, 0.15) is 24.5 Å². The number of hydrogen-bond donors (Lipinski definition) is 2. The Kier molecular flexibility index (Phi) is 4.74. The van der Waals surface area contributed by atoms with Gasteiger partial charge in [-0.05, 0) is 18.6 Å². The Morgan fingerprint density at radius 3 is 2.92 bits per heavy atom. The second kappa shape index (κ2) is 7.12. The number of carbonyl (C=O) groups is 2. The Morgan fingerprint density at radius 2 is 2.21 bits per heavy atom. The van der Waals surface area contributed by atoms with Gasteiger partial charge in [-0.2, -0.15) is 5.10 Å². The standard InChI is InChI=1S/C16H19N5O3/c1-21-12(7-8-15(21)22)16(23)17-9-13-18-14(20-19-13)10-24-11-5-3-2-4-6-11/h2-6,12H,7-10H2,1H3,(H,17,23)(H,18,19,20). The molecule has 0 spiro atoms. The van der Waals surface area contributed by atoms with Gasteiger partial charge in [0.05, 0.1) is 6.54 Å². The molecule has 2 N–H and O–H groups in total. The molecule has 3 rings (SSSR count). The predicted molar refractivity (Wildman–Crippen MR) is 84.8 cm³/mol. The summed E-state index contributed by atoms with van der Waals surface area (Å²) < 4.78 is 5.57. The molecule has 1 aromatic heterocycles. The van der Waals surface area contributed by atoms with Crippen LogP contribution < -0.4 is 10.1 Å². The minimum atomic E-state index is -0.405. The van der Waals surface area contributed by atoms with Gasteiger partial charge in [0.1, 0.15) is 18.4 Å². The topological polar surface area (TPSA) is 100 Å². The third-order valence-electron chi connectivity index (χ3n) is 3.91. The third-order valence-corrected chi connectivity index (χ3v) is 3.91. The van der Waals surface area contributed by atoms with Crippen molar-refractivity contribution in [2.75, 3.05) is 7.05 Å². The Hall–Kier alpha value is -2.90. The zero-order valence-electron chi connectivity index (χ0n) is 13.4. The monoisotopic (exact) mass is 329 g/mol. The first-order valence-electron chi connectivity index (χ1n) is 7.75. The van der Waals surface area contributed by atoms with Crippen molar-refractivity contribution in [3.63, 3.8) is 0 Å². The van der Waals surface area contributed by atoms with E-state index in [0.29, 0.717) is 24.5 Å². The van der Waals surface area contributed by atoms with Crippen LogP contribution in [0.25, 0.3) is 0 Å². The molecule has 1 unspecified atom stereocenters. The Morgan fingerprint density at radius 1 is 1.42 bits per heavy atom. The van der Waals surface area contributed by atoms with Crippen LogP contribution in [-0.4, -0.2) is 45.0 Å². The molecule has 0 bridgehead atoms. The van der Waals surface area contributed by atoms with E-state index in [1.165, 1.54) is 4.90 Å². The largest absolute Gasteiger partial charge is 0.486 e. The zero-order valence-corrected chi connectivity index (χ0v) is 13.4. The van der Waals surface area contributed by atoms with Crippen LogP contribution in [0.4, 0.5) is 0 Å². The van der Waals surface area contributed by atoms with Gasteiger partial charge in [-0.3, -0.25) is 14.7 Å². The van der Waals surface area contributed by atoms with E-state index < -0.39 is 6.04 Å². The summed E-state index contributed by atoms with van der Waals surface area (Å²) >= 11 is 0. The molecular formula is C16H19N5O3. The molecule has 0 aliphatic carbocycles. The third kappa shape index (κ3) is 3.70. The van der Waals surface area contributed by atoms with Crippen molar-refractivity contribution in [1.29, 1.82) is 0 Å². The average Bonchev–Trinajstić information content (AvgIpc) is 3.19. The lowest BCUT2D eigenvalue weighted by atomic mass is 10.2. The Balaban J connectivity index is 1.47. The van der Waals surface area contributed by atoms with Crippen molar-refractivity contribution >= 4 is 11.8 Å². The molecule has 2 amide bonds. The van der Waals surface area contributed by atoms with Gasteiger partial charge in [0.15, 0.2) is 11.6 Å². The molecule has 1 aromatic carbocycles. The lowest BCUT2D eigenvalue weighted by Gasteiger charge is -2.18. The molecule has 126 valence electrons. The highest BCUT2D eigenvalue weighted by Crippen LogP contribution is 2.16. The molecule has 2 aromatic rings. The lowest BCUT2D eigenvalue weighted by molar-refractivity contribution is -0.133. The molecule has 1 aliphatic heterocycles. The zero-order chi connectivity index (χ0) is 16.9. The van der Waals surface area contributed by atoms with Crippen LogP contribution in [0.15, 0.2) is 30.3 Å². The number of amides is 2. The van der Waals surface area contributed by atoms with Crippen LogP contribution in [0, 0.1) is 0 Å². The molecule has 1 saturated heterocycles. The number of aromatic nitrogens is 3. The summed E-state index contributed by atoms with van der Waals surface area (Å²) in [6.45, 7) is 0.476. The normalized spacial score (nSPS) is 17.1. The molecule has 0 saturated carbocycles. The first-order chi connectivity index (χ1) is 11.6. The highest BCUT2D eigenvalue weighted by atomic mass is 16.5. The molecule has 8 heteroatoms. The Bertz CT molecular complexity index is 716. The van der Waals surface area contributed by atoms with Crippen LogP contribution in [-0.2, 0) is 22.7 Å². The summed E-state index contributed by atoms with van der Waals surface area (Å²) in [5.74, 6) is 1.61. The average molecular weight is 329 g/mol. The fourth-order valence-electron chi connectivity index (χ4n) is 2.54. The first kappa shape index (κ1) is 16.0. The smallest absolute Gasteiger partial charge is 0.243 e. The van der Waals surface area contributed by atoms with Gasteiger partial charge in [-0.15, -0.1) is 0 Å². The number of rotatable bonds is 6. The first-order valence-corrected chi connectivity index (χ1v) is 7.75. The fraction of sp³-hybridized carbons (Fsp3) is 0.375. The van der Waals surface area contributed by atoms with Gasteiger partial charge in [0.25, 0.3) is 0 Å². The van der Waals surface area contributed by atoms with Gasteiger partial charge in [-0.25, -0.2) is 4.98 Å². The summed E-state index contributed by atoms with van der Waals surface area (Å²) in [5.41, 5.74) is 0. The van der Waals surface area contributed by atoms with Crippen molar-refractivity contribution in [3.05, 3.63) is 42.0 Å². The predicted octanol–water partition coefficient (Wildman–Crippen LogP) is 0.621. The van der Waals surface area contributed by atoms with E-state index in [1.807, 2.05) is 30.3 Å². The number of likely N-dealkylation sites (tertiary alicyclic amines) is 1. The molecule has 0 radical (unpaired) electrons. The maximum atomic E-state index is 12.1. The number of ether oxygens (including phenoxy) is 1. The van der Waals surface area contributed by atoms with E-state index in [-0.39, 0.29) is 25.0 Å². The lowest BCUT2D eigenvalue weighted by Crippen LogP contribution is -2.42. The number of nitrogens with zero attached hydrogens (tertiary/aromatic N) is 3. The van der Waals surface area contributed by atoms with Crippen LogP contribution in [0.3, 0.4) is 0 Å². The number of benzene rings is 1. The fourth-order valence-corrected chi connectivity index (χ4v) is 2.54. The SMILES string of the molecule is CN1C(=O)CCC1C(=O)NCc1n[nH]c(COc2ccccc2)n1. The van der Waals surface area contributed by atoms with Gasteiger partial charge in [-0.1, -0.05) is 18.2 Å². The molecule has 2 heterocycles. The number of carbonyl (C=O) groups excluding carboxylic acids is 2. The van der Waals surface area contributed by atoms with Gasteiger partial charge < -0.3 is 15.0 Å². The van der Waals surface area contributed by atoms with Crippen molar-refractivity contribution in [2.45, 2.75) is 32.0 Å². The minimum absolute atomic E-state index is 0.00612. The van der Waals surface area contributed by atoms with Gasteiger partial charge in [0.2, 0.25) is 11.8 Å². The maximum Gasteiger partial charge on any atom is 0.243 e. The summed E-state index contributed by atoms with van der Waals surface area (Å²) in [6.07, 6.45) is 0.960. The summed E-state index contributed by atoms with van der Waals surface area (Å²) in [5, 5.41) is 9.59. The van der Waals surface area contributed by atoms with Crippen LogP contribution in [0.2, 0.25) is 0 Å². The van der Waals surface area contributed by atoms with Gasteiger partial charge >= 0.3 is 0 Å². The highest BCUT2D eigenvalue weighted by molar-refractivity contribution is 5.90. The number of nitrogens with one attached hydrogen (secondary N) is 2. The highest BCUT2D eigenvalue weighted by Gasteiger charge is 2.32. The molecule has 1 atom stereocenters. The quantitative estimate of drug-likeness (QED) is 0.809. The second-order valence-corrected chi connectivity index (χ2v) is 5.58. The number of likely N-dealkylation sites (N-methyl/N-ethyl adjacent to an activating group) is 1. The van der Waals surface area contributed by atoms with E-state index in [0.717, 1.165) is 5.75 Å². The Labute approximate surface area is 139 Å². The number of para-hydroxylation sites is 1. The van der Waals surface area contributed by atoms with Crippen molar-refractivity contribution < 1.29 is 14.3 Å². The molecule has 8 nitrogen and oxygen atoms in total. The van der Waals surface area contributed by atoms with E-state index in [9.17, 15) is 9.59 Å². The molecule has 24 heavy (non-hydrogen) atoms. The van der Waals surface area contributed by atoms with Crippen molar-refractivity contribution in [3.8, 4) is 5.75 Å². The van der Waals surface area contributed by atoms with Crippen molar-refractivity contribution in [2.24, 2.45) is 0 Å². The maximum absolute atomic E-state index is 12.1. The van der Waals surface area contributed by atoms with Gasteiger partial charge in [0, 0.05) is 13.5 Å². The minimum Gasteiger partial charge on any atom is -0.486 e. The van der Waals surface area contributed by atoms with E-state index >= 15 is 0 Å². The molecule has 1 fully saturated rings. The summed E-state index contributed by atoms with van der Waals surface area (Å²) in [4.78, 5) is 29.3. The van der Waals surface area contributed by atoms with Crippen molar-refractivity contribution in [1.82, 2.24) is 25.4 Å². The number of aromatic amines is 1. The number of H-pyrrole nitrogens is 1. The van der Waals surface area contributed by atoms with E-state index in [1.54, 1.807) is 7.05 Å². The second-order valence-electron chi connectivity index (χ2n) is 5.58. The van der Waals surface area contributed by atoms with Crippen LogP contribution >= 0.6 is 0 Å². The van der Waals surface area contributed by atoms with E-state index in [2.05, 4.69) is 20.5 Å².